The Morgan fingerprint density at radius 1 is 1.43 bits per heavy atom. The number of phenolic OH excluding ortho intramolecular Hbond substituents is 1. The molecule has 0 saturated heterocycles. The highest BCUT2D eigenvalue weighted by molar-refractivity contribution is 8.00. The Morgan fingerprint density at radius 2 is 2.14 bits per heavy atom. The number of phenols is 1. The maximum atomic E-state index is 10.7. The highest BCUT2D eigenvalue weighted by Gasteiger charge is 2.38. The van der Waals surface area contributed by atoms with Gasteiger partial charge in [-0.15, -0.1) is 0 Å². The van der Waals surface area contributed by atoms with E-state index in [0.717, 1.165) is 19.3 Å². The summed E-state index contributed by atoms with van der Waals surface area (Å²) >= 11 is 1.67. The van der Waals surface area contributed by atoms with Crippen LogP contribution in [0.3, 0.4) is 0 Å². The minimum atomic E-state index is -0.749. The summed E-state index contributed by atoms with van der Waals surface area (Å²) in [7, 11) is 0. The van der Waals surface area contributed by atoms with Gasteiger partial charge in [0.25, 0.3) is 0 Å². The fourth-order valence-electron chi connectivity index (χ4n) is 3.05. The molecule has 1 aromatic carbocycles. The number of aromatic hydroxyl groups is 1. The van der Waals surface area contributed by atoms with Gasteiger partial charge < -0.3 is 10.2 Å². The molecular formula is C17H22O3S. The van der Waals surface area contributed by atoms with Gasteiger partial charge in [0, 0.05) is 22.8 Å². The van der Waals surface area contributed by atoms with Gasteiger partial charge in [0.2, 0.25) is 0 Å². The van der Waals surface area contributed by atoms with Crippen molar-refractivity contribution in [1.29, 1.82) is 0 Å². The average Bonchev–Trinajstić information content (AvgIpc) is 2.46. The van der Waals surface area contributed by atoms with Gasteiger partial charge in [0.05, 0.1) is 6.42 Å². The predicted molar refractivity (Wildman–Crippen MR) is 85.8 cm³/mol. The number of hydrogen-bond acceptors (Lipinski definition) is 3. The van der Waals surface area contributed by atoms with Crippen LogP contribution in [0.1, 0.15) is 44.2 Å². The van der Waals surface area contributed by atoms with Crippen LogP contribution in [0.15, 0.2) is 18.2 Å². The van der Waals surface area contributed by atoms with E-state index in [4.69, 9.17) is 5.11 Å². The van der Waals surface area contributed by atoms with E-state index >= 15 is 0 Å². The number of hydrogen-bond donors (Lipinski definition) is 2. The summed E-state index contributed by atoms with van der Waals surface area (Å²) < 4.78 is 0. The molecule has 1 aliphatic carbocycles. The quantitative estimate of drug-likeness (QED) is 0.842. The summed E-state index contributed by atoms with van der Waals surface area (Å²) in [5.41, 5.74) is 2.30. The van der Waals surface area contributed by atoms with Crippen LogP contribution < -0.4 is 0 Å². The van der Waals surface area contributed by atoms with Crippen molar-refractivity contribution in [2.75, 3.05) is 5.75 Å². The van der Waals surface area contributed by atoms with E-state index < -0.39 is 5.97 Å². The van der Waals surface area contributed by atoms with Gasteiger partial charge in [0.15, 0.2) is 0 Å². The predicted octanol–water partition coefficient (Wildman–Crippen LogP) is 3.66. The third-order valence-electron chi connectivity index (χ3n) is 4.29. The molecule has 0 aromatic heterocycles. The first-order valence-corrected chi connectivity index (χ1v) is 8.49. The van der Waals surface area contributed by atoms with E-state index in [-0.39, 0.29) is 17.1 Å². The molecule has 0 spiro atoms. The van der Waals surface area contributed by atoms with Gasteiger partial charge in [-0.1, -0.05) is 19.9 Å². The van der Waals surface area contributed by atoms with Crippen molar-refractivity contribution in [1.82, 2.24) is 0 Å². The molecule has 21 heavy (non-hydrogen) atoms. The maximum absolute atomic E-state index is 10.7. The lowest BCUT2D eigenvalue weighted by Gasteiger charge is -2.41. The maximum Gasteiger partial charge on any atom is 0.304 e. The van der Waals surface area contributed by atoms with Crippen LogP contribution in [0.25, 0.3) is 0 Å². The molecular weight excluding hydrogens is 284 g/mol. The zero-order valence-corrected chi connectivity index (χ0v) is 13.4. The van der Waals surface area contributed by atoms with Crippen molar-refractivity contribution >= 4 is 17.7 Å². The number of carbonyl (C=O) groups is 1. The number of aliphatic carboxylic acids is 1. The van der Waals surface area contributed by atoms with Crippen molar-refractivity contribution in [3.63, 3.8) is 0 Å². The van der Waals surface area contributed by atoms with Crippen LogP contribution >= 0.6 is 11.8 Å². The third kappa shape index (κ3) is 3.54. The minimum absolute atomic E-state index is 0.132. The first kappa shape index (κ1) is 16.2. The van der Waals surface area contributed by atoms with Crippen molar-refractivity contribution in [3.05, 3.63) is 35.7 Å². The zero-order valence-electron chi connectivity index (χ0n) is 12.6. The molecule has 0 fully saturated rings. The molecule has 1 atom stereocenters. The SMILES string of the molecule is CCC1(CC)[C]C(SCCC(=O)O)Cc2ccc(O)cc21. The monoisotopic (exact) mass is 306 g/mol. The van der Waals surface area contributed by atoms with Crippen LogP contribution in [0.4, 0.5) is 0 Å². The molecule has 0 aliphatic heterocycles. The molecule has 2 rings (SSSR count). The van der Waals surface area contributed by atoms with Crippen molar-refractivity contribution in [2.24, 2.45) is 0 Å². The Hall–Kier alpha value is -1.16. The van der Waals surface area contributed by atoms with E-state index in [1.807, 2.05) is 12.1 Å². The van der Waals surface area contributed by atoms with Crippen molar-refractivity contribution in [3.8, 4) is 5.75 Å². The standard InChI is InChI=1S/C17H22O3S/c1-3-17(4-2)11-14(21-8-7-16(19)20)9-12-5-6-13(18)10-15(12)17/h5-6,10,14,18H,3-4,7-9H2,1-2H3,(H,19,20). The summed E-state index contributed by atoms with van der Waals surface area (Å²) in [6, 6.07) is 5.60. The van der Waals surface area contributed by atoms with E-state index in [0.29, 0.717) is 11.5 Å². The zero-order chi connectivity index (χ0) is 15.5. The summed E-state index contributed by atoms with van der Waals surface area (Å²) in [5, 5.41) is 18.8. The molecule has 0 bridgehead atoms. The molecule has 0 amide bonds. The molecule has 0 saturated carbocycles. The summed E-state index contributed by atoms with van der Waals surface area (Å²) in [6.07, 6.45) is 6.62. The van der Waals surface area contributed by atoms with Crippen LogP contribution in [0.2, 0.25) is 0 Å². The molecule has 0 heterocycles. The van der Waals surface area contributed by atoms with E-state index in [2.05, 4.69) is 20.3 Å². The molecule has 4 heteroatoms. The fraction of sp³-hybridized carbons (Fsp3) is 0.529. The van der Waals surface area contributed by atoms with Gasteiger partial charge >= 0.3 is 5.97 Å². The normalized spacial score (nSPS) is 20.0. The molecule has 1 aromatic rings. The van der Waals surface area contributed by atoms with Crippen molar-refractivity contribution < 1.29 is 15.0 Å². The number of rotatable bonds is 6. The molecule has 1 unspecified atom stereocenters. The van der Waals surface area contributed by atoms with Crippen LogP contribution in [0.5, 0.6) is 5.75 Å². The second kappa shape index (κ2) is 6.73. The number of benzene rings is 1. The van der Waals surface area contributed by atoms with Gasteiger partial charge in [-0.2, -0.15) is 11.8 Å². The van der Waals surface area contributed by atoms with Crippen LogP contribution in [-0.2, 0) is 16.6 Å². The first-order chi connectivity index (χ1) is 10.0. The number of thioether (sulfide) groups is 1. The van der Waals surface area contributed by atoms with Gasteiger partial charge in [-0.3, -0.25) is 4.79 Å². The fourth-order valence-corrected chi connectivity index (χ4v) is 4.23. The average molecular weight is 306 g/mol. The Balaban J connectivity index is 2.21. The van der Waals surface area contributed by atoms with E-state index in [9.17, 15) is 9.90 Å². The second-order valence-corrected chi connectivity index (χ2v) is 6.79. The van der Waals surface area contributed by atoms with Crippen molar-refractivity contribution in [2.45, 2.75) is 50.2 Å². The molecule has 114 valence electrons. The third-order valence-corrected chi connectivity index (χ3v) is 5.42. The smallest absolute Gasteiger partial charge is 0.304 e. The Morgan fingerprint density at radius 3 is 2.76 bits per heavy atom. The molecule has 2 radical (unpaired) electrons. The molecule has 3 nitrogen and oxygen atoms in total. The lowest BCUT2D eigenvalue weighted by atomic mass is 9.66. The van der Waals surface area contributed by atoms with E-state index in [1.54, 1.807) is 17.8 Å². The number of carboxylic acids is 1. The van der Waals surface area contributed by atoms with E-state index in [1.165, 1.54) is 11.1 Å². The Kier molecular flexibility index (Phi) is 5.20. The highest BCUT2D eigenvalue weighted by Crippen LogP contribution is 2.45. The lowest BCUT2D eigenvalue weighted by molar-refractivity contribution is -0.136. The summed E-state index contributed by atoms with van der Waals surface area (Å²) in [6.45, 7) is 4.29. The van der Waals surface area contributed by atoms with Crippen LogP contribution in [0, 0.1) is 6.42 Å². The Bertz CT molecular complexity index is 509. The summed E-state index contributed by atoms with van der Waals surface area (Å²) in [5.74, 6) is 0.170. The first-order valence-electron chi connectivity index (χ1n) is 7.44. The van der Waals surface area contributed by atoms with Crippen LogP contribution in [-0.4, -0.2) is 27.2 Å². The lowest BCUT2D eigenvalue weighted by Crippen LogP contribution is -2.36. The van der Waals surface area contributed by atoms with Gasteiger partial charge in [-0.25, -0.2) is 0 Å². The van der Waals surface area contributed by atoms with Gasteiger partial charge in [0.1, 0.15) is 5.75 Å². The largest absolute Gasteiger partial charge is 0.508 e. The number of fused-ring (bicyclic) bond motifs is 1. The number of carboxylic acid groups (broad SMARTS) is 1. The molecule has 2 N–H and O–H groups in total. The molecule has 1 aliphatic rings. The van der Waals surface area contributed by atoms with Gasteiger partial charge in [-0.05, 0) is 42.5 Å². The topological polar surface area (TPSA) is 57.5 Å². The summed E-state index contributed by atoms with van der Waals surface area (Å²) in [4.78, 5) is 10.7. The second-order valence-electron chi connectivity index (χ2n) is 5.48. The Labute approximate surface area is 130 Å². The minimum Gasteiger partial charge on any atom is -0.508 e. The highest BCUT2D eigenvalue weighted by atomic mass is 32.2.